The van der Waals surface area contributed by atoms with Gasteiger partial charge >= 0.3 is 6.09 Å². The smallest absolute Gasteiger partial charge is 0.410 e. The summed E-state index contributed by atoms with van der Waals surface area (Å²) in [5.41, 5.74) is -0.524. The molecule has 1 aliphatic rings. The zero-order valence-corrected chi connectivity index (χ0v) is 14.6. The number of likely N-dealkylation sites (N-methyl/N-ethyl adjacent to an activating group) is 1. The third kappa shape index (κ3) is 4.27. The lowest BCUT2D eigenvalue weighted by molar-refractivity contribution is 0.0226. The van der Waals surface area contributed by atoms with Gasteiger partial charge in [0, 0.05) is 26.6 Å². The van der Waals surface area contributed by atoms with Crippen molar-refractivity contribution in [3.05, 3.63) is 23.7 Å². The van der Waals surface area contributed by atoms with Gasteiger partial charge in [0.15, 0.2) is 5.76 Å². The van der Waals surface area contributed by atoms with Crippen molar-refractivity contribution in [2.24, 2.45) is 0 Å². The van der Waals surface area contributed by atoms with Crippen molar-refractivity contribution in [2.45, 2.75) is 52.2 Å². The second-order valence-electron chi connectivity index (χ2n) is 6.90. The Morgan fingerprint density at radius 1 is 1.39 bits per heavy atom. The van der Waals surface area contributed by atoms with Crippen molar-refractivity contribution < 1.29 is 18.7 Å². The van der Waals surface area contributed by atoms with Gasteiger partial charge in [-0.25, -0.2) is 4.79 Å². The van der Waals surface area contributed by atoms with Gasteiger partial charge in [0.05, 0.1) is 6.04 Å². The van der Waals surface area contributed by atoms with Crippen LogP contribution >= 0.6 is 0 Å². The molecule has 1 fully saturated rings. The maximum atomic E-state index is 12.4. The summed E-state index contributed by atoms with van der Waals surface area (Å²) in [7, 11) is 1.72. The third-order valence-corrected chi connectivity index (χ3v) is 3.90. The van der Waals surface area contributed by atoms with Crippen LogP contribution in [-0.2, 0) is 11.2 Å². The Hall–Kier alpha value is -1.98. The number of hydrogen-bond acceptors (Lipinski definition) is 4. The number of likely N-dealkylation sites (tertiary alicyclic amines) is 1. The highest BCUT2D eigenvalue weighted by molar-refractivity contribution is 5.91. The summed E-state index contributed by atoms with van der Waals surface area (Å²) in [5.74, 6) is 1.04. The Labute approximate surface area is 137 Å². The fraction of sp³-hybridized carbons (Fsp3) is 0.647. The number of rotatable bonds is 3. The maximum absolute atomic E-state index is 12.4. The monoisotopic (exact) mass is 322 g/mol. The van der Waals surface area contributed by atoms with Gasteiger partial charge < -0.3 is 19.0 Å². The second-order valence-corrected chi connectivity index (χ2v) is 6.90. The van der Waals surface area contributed by atoms with Gasteiger partial charge in [0.25, 0.3) is 5.91 Å². The molecule has 2 heterocycles. The second kappa shape index (κ2) is 6.64. The average Bonchev–Trinajstić information content (AvgIpc) is 3.13. The highest BCUT2D eigenvalue weighted by Gasteiger charge is 2.34. The van der Waals surface area contributed by atoms with Crippen LogP contribution in [0, 0.1) is 0 Å². The number of hydrogen-bond donors (Lipinski definition) is 0. The Morgan fingerprint density at radius 2 is 2.09 bits per heavy atom. The standard InChI is InChI=1S/C17H26N2O4/c1-6-13-7-8-14(22-13)15(20)19-10-9-12(11-19)18(5)16(21)23-17(2,3)4/h7-8,12H,6,9-11H2,1-5H3. The van der Waals surface area contributed by atoms with Gasteiger partial charge in [-0.05, 0) is 39.3 Å². The Kier molecular flexibility index (Phi) is 5.02. The third-order valence-electron chi connectivity index (χ3n) is 3.90. The lowest BCUT2D eigenvalue weighted by Gasteiger charge is -2.28. The van der Waals surface area contributed by atoms with E-state index in [9.17, 15) is 9.59 Å². The van der Waals surface area contributed by atoms with Crippen molar-refractivity contribution in [3.8, 4) is 0 Å². The molecular weight excluding hydrogens is 296 g/mol. The summed E-state index contributed by atoms with van der Waals surface area (Å²) in [6.45, 7) is 8.60. The topological polar surface area (TPSA) is 63.0 Å². The Bertz CT molecular complexity index is 573. The highest BCUT2D eigenvalue weighted by Crippen LogP contribution is 2.20. The molecule has 128 valence electrons. The molecule has 6 heteroatoms. The number of carbonyl (C=O) groups is 2. The fourth-order valence-corrected chi connectivity index (χ4v) is 2.56. The highest BCUT2D eigenvalue weighted by atomic mass is 16.6. The molecule has 0 saturated carbocycles. The van der Waals surface area contributed by atoms with Crippen LogP contribution < -0.4 is 0 Å². The molecule has 1 aromatic heterocycles. The van der Waals surface area contributed by atoms with Crippen LogP contribution in [-0.4, -0.2) is 53.6 Å². The largest absolute Gasteiger partial charge is 0.456 e. The van der Waals surface area contributed by atoms with E-state index in [2.05, 4.69) is 0 Å². The van der Waals surface area contributed by atoms with Gasteiger partial charge in [-0.3, -0.25) is 4.79 Å². The molecule has 0 radical (unpaired) electrons. The molecule has 0 bridgehead atoms. The normalized spacial score (nSPS) is 18.1. The van der Waals surface area contributed by atoms with Crippen molar-refractivity contribution in [2.75, 3.05) is 20.1 Å². The number of carbonyl (C=O) groups excluding carboxylic acids is 2. The van der Waals surface area contributed by atoms with Crippen LogP contribution in [0.2, 0.25) is 0 Å². The number of ether oxygens (including phenoxy) is 1. The van der Waals surface area contributed by atoms with Gasteiger partial charge in [-0.15, -0.1) is 0 Å². The van der Waals surface area contributed by atoms with E-state index in [1.165, 1.54) is 0 Å². The van der Waals surface area contributed by atoms with E-state index in [1.54, 1.807) is 22.9 Å². The van der Waals surface area contributed by atoms with E-state index in [-0.39, 0.29) is 18.0 Å². The van der Waals surface area contributed by atoms with E-state index in [0.717, 1.165) is 18.6 Å². The van der Waals surface area contributed by atoms with E-state index in [1.807, 2.05) is 33.8 Å². The predicted octanol–water partition coefficient (Wildman–Crippen LogP) is 2.92. The van der Waals surface area contributed by atoms with Crippen molar-refractivity contribution in [3.63, 3.8) is 0 Å². The minimum Gasteiger partial charge on any atom is -0.456 e. The van der Waals surface area contributed by atoms with Crippen LogP contribution in [0.25, 0.3) is 0 Å². The molecular formula is C17H26N2O4. The summed E-state index contributed by atoms with van der Waals surface area (Å²) >= 11 is 0. The molecule has 0 aromatic carbocycles. The minimum atomic E-state index is -0.524. The van der Waals surface area contributed by atoms with Crippen LogP contribution in [0.3, 0.4) is 0 Å². The molecule has 1 aliphatic heterocycles. The first-order chi connectivity index (χ1) is 10.7. The Balaban J connectivity index is 1.95. The van der Waals surface area contributed by atoms with Crippen molar-refractivity contribution in [1.29, 1.82) is 0 Å². The minimum absolute atomic E-state index is 0.0330. The summed E-state index contributed by atoms with van der Waals surface area (Å²) in [5, 5.41) is 0. The molecule has 1 aromatic rings. The van der Waals surface area contributed by atoms with Gasteiger partial charge in [-0.2, -0.15) is 0 Å². The van der Waals surface area contributed by atoms with E-state index in [4.69, 9.17) is 9.15 Å². The van der Waals surface area contributed by atoms with Gasteiger partial charge in [0.1, 0.15) is 11.4 Å². The molecule has 0 N–H and O–H groups in total. The lowest BCUT2D eigenvalue weighted by Crippen LogP contribution is -2.42. The SMILES string of the molecule is CCc1ccc(C(=O)N2CCC(N(C)C(=O)OC(C)(C)C)C2)o1. The first kappa shape index (κ1) is 17.4. The van der Waals surface area contributed by atoms with E-state index in [0.29, 0.717) is 18.8 Å². The number of furan rings is 1. The number of nitrogens with zero attached hydrogens (tertiary/aromatic N) is 2. The summed E-state index contributed by atoms with van der Waals surface area (Å²) in [4.78, 5) is 27.9. The molecule has 1 unspecified atom stereocenters. The Morgan fingerprint density at radius 3 is 2.65 bits per heavy atom. The summed E-state index contributed by atoms with van der Waals surface area (Å²) < 4.78 is 10.9. The van der Waals surface area contributed by atoms with Crippen LogP contribution in [0.4, 0.5) is 4.79 Å². The molecule has 6 nitrogen and oxygen atoms in total. The summed E-state index contributed by atoms with van der Waals surface area (Å²) in [6.07, 6.45) is 1.14. The molecule has 1 saturated heterocycles. The average molecular weight is 322 g/mol. The molecule has 1 atom stereocenters. The zero-order chi connectivity index (χ0) is 17.2. The van der Waals surface area contributed by atoms with Crippen LogP contribution in [0.15, 0.2) is 16.5 Å². The van der Waals surface area contributed by atoms with Crippen molar-refractivity contribution in [1.82, 2.24) is 9.80 Å². The molecule has 23 heavy (non-hydrogen) atoms. The maximum Gasteiger partial charge on any atom is 0.410 e. The molecule has 0 aliphatic carbocycles. The zero-order valence-electron chi connectivity index (χ0n) is 14.6. The molecule has 2 amide bonds. The van der Waals surface area contributed by atoms with Gasteiger partial charge in [0.2, 0.25) is 0 Å². The quantitative estimate of drug-likeness (QED) is 0.858. The van der Waals surface area contributed by atoms with Crippen LogP contribution in [0.1, 0.15) is 50.4 Å². The van der Waals surface area contributed by atoms with E-state index >= 15 is 0 Å². The predicted molar refractivity (Wildman–Crippen MR) is 86.4 cm³/mol. The lowest BCUT2D eigenvalue weighted by atomic mass is 10.2. The fourth-order valence-electron chi connectivity index (χ4n) is 2.56. The number of amides is 2. The van der Waals surface area contributed by atoms with Crippen LogP contribution in [0.5, 0.6) is 0 Å². The van der Waals surface area contributed by atoms with Crippen molar-refractivity contribution >= 4 is 12.0 Å². The molecule has 2 rings (SSSR count). The first-order valence-electron chi connectivity index (χ1n) is 8.05. The summed E-state index contributed by atoms with van der Waals surface area (Å²) in [6, 6.07) is 3.51. The molecule has 0 spiro atoms. The van der Waals surface area contributed by atoms with E-state index < -0.39 is 5.60 Å². The first-order valence-corrected chi connectivity index (χ1v) is 8.05. The number of aryl methyl sites for hydroxylation is 1. The van der Waals surface area contributed by atoms with Gasteiger partial charge in [-0.1, -0.05) is 6.92 Å².